The molecule has 10 nitrogen and oxygen atoms in total. The molecule has 0 amide bonds. The lowest BCUT2D eigenvalue weighted by molar-refractivity contribution is -0.470. The SMILES string of the molecule is CN1N(C)N(C)N(C)N(C)N(C)N(C)N(C)N(C)N1C. The van der Waals surface area contributed by atoms with Gasteiger partial charge in [0.05, 0.1) is 0 Å². The summed E-state index contributed by atoms with van der Waals surface area (Å²) in [5.74, 6) is 0. The molecule has 0 aliphatic carbocycles. The summed E-state index contributed by atoms with van der Waals surface area (Å²) < 4.78 is 0. The minimum Gasteiger partial charge on any atom is -0.149 e. The smallest absolute Gasteiger partial charge is 0.0207 e. The van der Waals surface area contributed by atoms with Crippen molar-refractivity contribution in [2.75, 3.05) is 70.5 Å². The van der Waals surface area contributed by atoms with Gasteiger partial charge in [-0.25, -0.2) is 0 Å². The van der Waals surface area contributed by atoms with Gasteiger partial charge in [0.2, 0.25) is 0 Å². The zero-order chi connectivity index (χ0) is 15.8. The van der Waals surface area contributed by atoms with Crippen LogP contribution in [0.3, 0.4) is 0 Å². The van der Waals surface area contributed by atoms with Crippen LogP contribution in [0.25, 0.3) is 0 Å². The Labute approximate surface area is 122 Å². The van der Waals surface area contributed by atoms with Gasteiger partial charge in [0, 0.05) is 70.5 Å². The van der Waals surface area contributed by atoms with Gasteiger partial charge in [-0.2, -0.15) is 0 Å². The van der Waals surface area contributed by atoms with Crippen molar-refractivity contribution in [2.24, 2.45) is 0 Å². The summed E-state index contributed by atoms with van der Waals surface area (Å²) in [4.78, 5) is 0. The fourth-order valence-corrected chi connectivity index (χ4v) is 1.87. The molecule has 120 valence electrons. The van der Waals surface area contributed by atoms with E-state index >= 15 is 0 Å². The summed E-state index contributed by atoms with van der Waals surface area (Å²) >= 11 is 0. The highest BCUT2D eigenvalue weighted by Gasteiger charge is 2.31. The van der Waals surface area contributed by atoms with Gasteiger partial charge in [-0.15, -0.1) is 51.2 Å². The van der Waals surface area contributed by atoms with Gasteiger partial charge < -0.3 is 0 Å². The van der Waals surface area contributed by atoms with Crippen LogP contribution in [-0.4, -0.2) is 122 Å². The molecule has 1 heterocycles. The molecule has 1 aliphatic heterocycles. The minimum absolute atomic E-state index is 2.00. The van der Waals surface area contributed by atoms with Crippen molar-refractivity contribution in [3.63, 3.8) is 0 Å². The largest absolute Gasteiger partial charge is 0.149 e. The summed E-state index contributed by atoms with van der Waals surface area (Å²) in [5.41, 5.74) is 0. The molecular weight excluding hydrogens is 260 g/mol. The molecule has 0 atom stereocenters. The van der Waals surface area contributed by atoms with Gasteiger partial charge in [0.15, 0.2) is 0 Å². The van der Waals surface area contributed by atoms with Crippen LogP contribution in [0.1, 0.15) is 0 Å². The molecule has 0 radical (unpaired) electrons. The van der Waals surface area contributed by atoms with Crippen LogP contribution < -0.4 is 0 Å². The van der Waals surface area contributed by atoms with Crippen molar-refractivity contribution >= 4 is 0 Å². The Morgan fingerprint density at radius 2 is 0.250 bits per heavy atom. The Morgan fingerprint density at radius 3 is 0.300 bits per heavy atom. The Hall–Kier alpha value is -0.400. The van der Waals surface area contributed by atoms with Gasteiger partial charge in [-0.3, -0.25) is 0 Å². The maximum absolute atomic E-state index is 2.00. The molecule has 0 bridgehead atoms. The van der Waals surface area contributed by atoms with E-state index in [-0.39, 0.29) is 0 Å². The topological polar surface area (TPSA) is 32.4 Å². The Kier molecular flexibility index (Phi) is 5.80. The lowest BCUT2D eigenvalue weighted by atomic mass is 11.0. The van der Waals surface area contributed by atoms with E-state index in [1.54, 1.807) is 0 Å². The molecular formula is C10H30N10. The average Bonchev–Trinajstić information content (AvgIpc) is 2.46. The Morgan fingerprint density at radius 1 is 0.200 bits per heavy atom. The lowest BCUT2D eigenvalue weighted by Gasteiger charge is -2.54. The number of hydrogen-bond donors (Lipinski definition) is 0. The minimum atomic E-state index is 2.00. The van der Waals surface area contributed by atoms with E-state index in [0.29, 0.717) is 0 Å². The van der Waals surface area contributed by atoms with E-state index in [2.05, 4.69) is 0 Å². The fourth-order valence-electron chi connectivity index (χ4n) is 1.87. The average molecular weight is 290 g/mol. The van der Waals surface area contributed by atoms with Crippen LogP contribution in [0.4, 0.5) is 0 Å². The van der Waals surface area contributed by atoms with Crippen molar-refractivity contribution < 1.29 is 0 Å². The van der Waals surface area contributed by atoms with Crippen LogP contribution in [0.15, 0.2) is 0 Å². The van der Waals surface area contributed by atoms with Crippen LogP contribution in [0.2, 0.25) is 0 Å². The van der Waals surface area contributed by atoms with E-state index in [4.69, 9.17) is 0 Å². The predicted molar refractivity (Wildman–Crippen MR) is 77.6 cm³/mol. The van der Waals surface area contributed by atoms with Crippen LogP contribution >= 0.6 is 0 Å². The highest BCUT2D eigenvalue weighted by atomic mass is 16.3. The maximum Gasteiger partial charge on any atom is 0.0207 e. The number of hydrazine groups is 10. The third-order valence-electron chi connectivity index (χ3n) is 4.19. The van der Waals surface area contributed by atoms with Crippen molar-refractivity contribution in [3.05, 3.63) is 0 Å². The summed E-state index contributed by atoms with van der Waals surface area (Å²) in [6.07, 6.45) is 0. The van der Waals surface area contributed by atoms with Gasteiger partial charge >= 0.3 is 0 Å². The Bertz CT molecular complexity index is 195. The Balaban J connectivity index is 3.13. The molecule has 0 saturated carbocycles. The van der Waals surface area contributed by atoms with Crippen LogP contribution in [-0.2, 0) is 0 Å². The zero-order valence-corrected chi connectivity index (χ0v) is 14.5. The molecule has 0 aromatic heterocycles. The predicted octanol–water partition coefficient (Wildman–Crippen LogP) is -1.53. The molecule has 0 aromatic carbocycles. The lowest BCUT2D eigenvalue weighted by Crippen LogP contribution is -2.72. The number of rotatable bonds is 0. The van der Waals surface area contributed by atoms with E-state index in [0.717, 1.165) is 0 Å². The molecule has 1 aliphatic rings. The second kappa shape index (κ2) is 6.58. The monoisotopic (exact) mass is 290 g/mol. The highest BCUT2D eigenvalue weighted by Crippen LogP contribution is 2.13. The summed E-state index contributed by atoms with van der Waals surface area (Å²) in [6, 6.07) is 0. The second-order valence-electron chi connectivity index (χ2n) is 4.89. The van der Waals surface area contributed by atoms with Gasteiger partial charge in [-0.1, -0.05) is 0 Å². The standard InChI is InChI=1S/C10H30N10/c1-11-12(2)14(4)16(6)18(8)20(10)19(9)17(7)15(5)13(11)3/h1-10H3. The highest BCUT2D eigenvalue weighted by molar-refractivity contribution is 4.45. The number of nitrogens with zero attached hydrogens (tertiary/aromatic N) is 10. The molecule has 0 spiro atoms. The molecule has 20 heavy (non-hydrogen) atoms. The molecule has 1 fully saturated rings. The second-order valence-corrected chi connectivity index (χ2v) is 4.89. The van der Waals surface area contributed by atoms with Crippen molar-refractivity contribution in [1.29, 1.82) is 0 Å². The number of hydrogen-bond acceptors (Lipinski definition) is 10. The van der Waals surface area contributed by atoms with E-state index in [9.17, 15) is 0 Å². The molecule has 0 unspecified atom stereocenters. The summed E-state index contributed by atoms with van der Waals surface area (Å²) in [7, 11) is 20.0. The first-order chi connectivity index (χ1) is 9.11. The molecule has 0 aromatic rings. The van der Waals surface area contributed by atoms with Crippen LogP contribution in [0.5, 0.6) is 0 Å². The summed E-state index contributed by atoms with van der Waals surface area (Å²) in [6.45, 7) is 0. The molecule has 10 heteroatoms. The van der Waals surface area contributed by atoms with Gasteiger partial charge in [0.25, 0.3) is 0 Å². The maximum atomic E-state index is 2.00. The molecule has 1 saturated heterocycles. The molecule has 0 N–H and O–H groups in total. The van der Waals surface area contributed by atoms with E-state index in [1.165, 1.54) is 0 Å². The van der Waals surface area contributed by atoms with E-state index in [1.807, 2.05) is 122 Å². The fraction of sp³-hybridized carbons (Fsp3) is 1.00. The summed E-state index contributed by atoms with van der Waals surface area (Å²) in [5, 5.41) is 20.0. The first kappa shape index (κ1) is 17.7. The van der Waals surface area contributed by atoms with Crippen molar-refractivity contribution in [3.8, 4) is 0 Å². The zero-order valence-electron chi connectivity index (χ0n) is 14.5. The normalized spacial score (nSPS) is 28.5. The van der Waals surface area contributed by atoms with Gasteiger partial charge in [0.1, 0.15) is 0 Å². The first-order valence-electron chi connectivity index (χ1n) is 6.47. The van der Waals surface area contributed by atoms with Crippen molar-refractivity contribution in [2.45, 2.75) is 0 Å². The quantitative estimate of drug-likeness (QED) is 0.524. The third kappa shape index (κ3) is 3.09. The van der Waals surface area contributed by atoms with E-state index < -0.39 is 0 Å². The third-order valence-corrected chi connectivity index (χ3v) is 4.19. The van der Waals surface area contributed by atoms with Crippen molar-refractivity contribution in [1.82, 2.24) is 51.2 Å². The van der Waals surface area contributed by atoms with Gasteiger partial charge in [-0.05, 0) is 0 Å². The first-order valence-corrected chi connectivity index (χ1v) is 6.47. The molecule has 1 rings (SSSR count). The van der Waals surface area contributed by atoms with Crippen LogP contribution in [0, 0.1) is 0 Å².